The number of nitrogens with two attached hydrogens (primary N) is 1. The van der Waals surface area contributed by atoms with Crippen LogP contribution in [0.3, 0.4) is 0 Å². The number of aromatic amines is 1. The van der Waals surface area contributed by atoms with Gasteiger partial charge in [-0.05, 0) is 61.7 Å². The van der Waals surface area contributed by atoms with Gasteiger partial charge in [-0.2, -0.15) is 4.68 Å². The molecule has 10 heteroatoms. The van der Waals surface area contributed by atoms with Crippen LogP contribution in [0.1, 0.15) is 36.4 Å². The van der Waals surface area contributed by atoms with Crippen LogP contribution in [0.25, 0.3) is 16.6 Å². The van der Waals surface area contributed by atoms with Gasteiger partial charge < -0.3 is 10.5 Å². The molecule has 0 spiro atoms. The zero-order valence-electron chi connectivity index (χ0n) is 17.6. The van der Waals surface area contributed by atoms with E-state index in [1.807, 2.05) is 18.2 Å². The fourth-order valence-corrected chi connectivity index (χ4v) is 4.40. The second-order valence-electron chi connectivity index (χ2n) is 8.07. The van der Waals surface area contributed by atoms with Crippen LogP contribution < -0.4 is 21.7 Å². The largest absolute Gasteiger partial charge is 0.454 e. The smallest absolute Gasteiger partial charge is 0.349 e. The first-order valence-corrected chi connectivity index (χ1v) is 11.1. The van der Waals surface area contributed by atoms with Crippen molar-refractivity contribution in [1.29, 1.82) is 0 Å². The molecule has 4 aromatic rings. The van der Waals surface area contributed by atoms with Crippen molar-refractivity contribution in [2.45, 2.75) is 32.1 Å². The average molecular weight is 484 g/mol. The molecule has 5 rings (SSSR count). The van der Waals surface area contributed by atoms with E-state index in [0.29, 0.717) is 11.7 Å². The predicted octanol–water partition coefficient (Wildman–Crippen LogP) is 4.73. The van der Waals surface area contributed by atoms with Crippen LogP contribution in [0, 0.1) is 6.92 Å². The van der Waals surface area contributed by atoms with Gasteiger partial charge in [0, 0.05) is 17.0 Å². The molecule has 168 valence electrons. The highest BCUT2D eigenvalue weighted by Crippen LogP contribution is 2.40. The summed E-state index contributed by atoms with van der Waals surface area (Å²) in [5.74, 6) is 0.968. The summed E-state index contributed by atoms with van der Waals surface area (Å²) < 4.78 is 6.90. The summed E-state index contributed by atoms with van der Waals surface area (Å²) in [6.45, 7) is 2.06. The van der Waals surface area contributed by atoms with Crippen molar-refractivity contribution < 1.29 is 4.74 Å². The number of pyridine rings is 1. The number of nitrogens with zero attached hydrogens (tertiary/aromatic N) is 3. The number of rotatable bonds is 4. The lowest BCUT2D eigenvalue weighted by atomic mass is 9.82. The monoisotopic (exact) mass is 483 g/mol. The second-order valence-corrected chi connectivity index (χ2v) is 8.88. The molecule has 0 unspecified atom stereocenters. The lowest BCUT2D eigenvalue weighted by Crippen LogP contribution is -2.33. The molecular formula is C23H19Cl2N5O3. The van der Waals surface area contributed by atoms with Gasteiger partial charge in [-0.15, -0.1) is 5.10 Å². The van der Waals surface area contributed by atoms with Crippen molar-refractivity contribution in [2.75, 3.05) is 5.73 Å². The Hall–Kier alpha value is -3.36. The minimum absolute atomic E-state index is 0.159. The normalized spacial score (nSPS) is 13.8. The Morgan fingerprint density at radius 2 is 1.85 bits per heavy atom. The number of aryl methyl sites for hydroxylation is 1. The van der Waals surface area contributed by atoms with Gasteiger partial charge in [0.2, 0.25) is 5.82 Å². The summed E-state index contributed by atoms with van der Waals surface area (Å²) in [6, 6.07) is 10.7. The minimum atomic E-state index is -0.770. The Balaban J connectivity index is 1.49. The molecule has 2 aromatic carbocycles. The van der Waals surface area contributed by atoms with Crippen LogP contribution in [-0.4, -0.2) is 19.7 Å². The van der Waals surface area contributed by atoms with E-state index in [1.165, 1.54) is 31.4 Å². The Morgan fingerprint density at radius 3 is 2.52 bits per heavy atom. The SMILES string of the molecule is Cc1cc(C2CCC2)nc2ccc(Oc3c(Cl)cc(-n4nc(N)c(=O)[nH]c4=O)cc3Cl)cc12. The molecule has 2 heterocycles. The lowest BCUT2D eigenvalue weighted by Gasteiger charge is -2.25. The van der Waals surface area contributed by atoms with Crippen molar-refractivity contribution in [2.24, 2.45) is 0 Å². The molecule has 1 aliphatic rings. The number of hydrogen-bond donors (Lipinski definition) is 2. The third kappa shape index (κ3) is 3.96. The molecule has 8 nitrogen and oxygen atoms in total. The highest BCUT2D eigenvalue weighted by molar-refractivity contribution is 6.37. The van der Waals surface area contributed by atoms with Crippen molar-refractivity contribution in [3.05, 3.63) is 78.5 Å². The maximum atomic E-state index is 12.1. The fraction of sp³-hybridized carbons (Fsp3) is 0.217. The molecule has 1 aliphatic carbocycles. The molecule has 0 saturated heterocycles. The third-order valence-corrected chi connectivity index (χ3v) is 6.39. The Labute approximate surface area is 197 Å². The van der Waals surface area contributed by atoms with Crippen LogP contribution >= 0.6 is 23.2 Å². The number of ether oxygens (including phenoxy) is 1. The summed E-state index contributed by atoms with van der Waals surface area (Å²) in [4.78, 5) is 30.5. The molecular weight excluding hydrogens is 465 g/mol. The Morgan fingerprint density at radius 1 is 1.12 bits per heavy atom. The Kier molecular flexibility index (Phi) is 5.34. The molecule has 0 radical (unpaired) electrons. The van der Waals surface area contributed by atoms with Gasteiger partial charge in [0.15, 0.2) is 5.75 Å². The molecule has 33 heavy (non-hydrogen) atoms. The van der Waals surface area contributed by atoms with E-state index < -0.39 is 11.2 Å². The second kappa shape index (κ2) is 8.20. The molecule has 0 aliphatic heterocycles. The molecule has 0 bridgehead atoms. The van der Waals surface area contributed by atoms with E-state index in [0.717, 1.165) is 26.8 Å². The number of anilines is 1. The van der Waals surface area contributed by atoms with Gasteiger partial charge >= 0.3 is 5.69 Å². The molecule has 1 saturated carbocycles. The molecule has 2 aromatic heterocycles. The standard InChI is InChI=1S/C23H19Cl2N5O3/c1-11-7-19(12-3-2-4-12)27-18-6-5-14(10-15(11)18)33-20-16(24)8-13(9-17(20)25)30-23(32)28-22(31)21(26)29-30/h5-10,12H,2-4H2,1H3,(H2,26,29)(H,28,31,32). The molecule has 0 amide bonds. The average Bonchev–Trinajstić information content (AvgIpc) is 2.72. The van der Waals surface area contributed by atoms with E-state index in [1.54, 1.807) is 0 Å². The first-order valence-electron chi connectivity index (χ1n) is 10.4. The van der Waals surface area contributed by atoms with Crippen molar-refractivity contribution in [3.8, 4) is 17.2 Å². The van der Waals surface area contributed by atoms with Crippen molar-refractivity contribution >= 4 is 39.9 Å². The summed E-state index contributed by atoms with van der Waals surface area (Å²) >= 11 is 12.8. The lowest BCUT2D eigenvalue weighted by molar-refractivity contribution is 0.412. The number of benzene rings is 2. The summed E-state index contributed by atoms with van der Waals surface area (Å²) in [5, 5.41) is 5.09. The third-order valence-electron chi connectivity index (χ3n) is 5.83. The number of nitrogens with one attached hydrogen (secondary N) is 1. The molecule has 0 atom stereocenters. The zero-order valence-corrected chi connectivity index (χ0v) is 19.1. The van der Waals surface area contributed by atoms with E-state index in [-0.39, 0.29) is 27.3 Å². The number of halogens is 2. The maximum absolute atomic E-state index is 12.1. The van der Waals surface area contributed by atoms with Crippen LogP contribution in [0.2, 0.25) is 10.0 Å². The fourth-order valence-electron chi connectivity index (χ4n) is 3.85. The van der Waals surface area contributed by atoms with Crippen molar-refractivity contribution in [3.63, 3.8) is 0 Å². The van der Waals surface area contributed by atoms with Crippen LogP contribution in [-0.2, 0) is 0 Å². The van der Waals surface area contributed by atoms with Crippen LogP contribution in [0.5, 0.6) is 11.5 Å². The van der Waals surface area contributed by atoms with Gasteiger partial charge in [0.1, 0.15) is 5.75 Å². The predicted molar refractivity (Wildman–Crippen MR) is 128 cm³/mol. The van der Waals surface area contributed by atoms with Crippen molar-refractivity contribution in [1.82, 2.24) is 19.7 Å². The number of hydrogen-bond acceptors (Lipinski definition) is 6. The number of aromatic nitrogens is 4. The van der Waals surface area contributed by atoms with E-state index in [2.05, 4.69) is 23.1 Å². The Bertz CT molecular complexity index is 1500. The van der Waals surface area contributed by atoms with Crippen LogP contribution in [0.15, 0.2) is 46.0 Å². The minimum Gasteiger partial charge on any atom is -0.454 e. The molecule has 3 N–H and O–H groups in total. The van der Waals surface area contributed by atoms with E-state index in [4.69, 9.17) is 38.7 Å². The number of nitrogen functional groups attached to an aromatic ring is 1. The number of fused-ring (bicyclic) bond motifs is 1. The quantitative estimate of drug-likeness (QED) is 0.433. The van der Waals surface area contributed by atoms with E-state index >= 15 is 0 Å². The highest BCUT2D eigenvalue weighted by Gasteiger charge is 2.22. The highest BCUT2D eigenvalue weighted by atomic mass is 35.5. The summed E-state index contributed by atoms with van der Waals surface area (Å²) in [6.07, 6.45) is 3.65. The zero-order chi connectivity index (χ0) is 23.3. The van der Waals surface area contributed by atoms with Gasteiger partial charge in [-0.25, -0.2) is 4.79 Å². The summed E-state index contributed by atoms with van der Waals surface area (Å²) in [7, 11) is 0. The van der Waals surface area contributed by atoms with Gasteiger partial charge in [0.25, 0.3) is 5.56 Å². The van der Waals surface area contributed by atoms with E-state index in [9.17, 15) is 9.59 Å². The van der Waals surface area contributed by atoms with Gasteiger partial charge in [0.05, 0.1) is 21.2 Å². The topological polar surface area (TPSA) is 116 Å². The van der Waals surface area contributed by atoms with Gasteiger partial charge in [-0.1, -0.05) is 29.6 Å². The van der Waals surface area contributed by atoms with Crippen LogP contribution in [0.4, 0.5) is 5.82 Å². The first kappa shape index (κ1) is 21.5. The maximum Gasteiger partial charge on any atom is 0.349 e. The molecule has 1 fully saturated rings. The first-order chi connectivity index (χ1) is 15.8. The summed E-state index contributed by atoms with van der Waals surface area (Å²) in [5.41, 5.74) is 7.40. The number of H-pyrrole nitrogens is 1. The van der Waals surface area contributed by atoms with Gasteiger partial charge in [-0.3, -0.25) is 14.8 Å².